The fraction of sp³-hybridized carbons (Fsp3) is 0.0870. The van der Waals surface area contributed by atoms with Crippen LogP contribution in [0.5, 0.6) is 0 Å². The zero-order valence-electron chi connectivity index (χ0n) is 13.8. The Morgan fingerprint density at radius 3 is 1.67 bits per heavy atom. The largest absolute Gasteiger partial charge is 0.280 e. The maximum atomic E-state index is 4.87. The molecule has 0 spiro atoms. The molecule has 1 heteroatoms. The zero-order chi connectivity index (χ0) is 16.6. The van der Waals surface area contributed by atoms with Gasteiger partial charge in [0.2, 0.25) is 0 Å². The minimum absolute atomic E-state index is 0.0199. The van der Waals surface area contributed by atoms with Crippen molar-refractivity contribution in [1.29, 1.82) is 0 Å². The summed E-state index contributed by atoms with van der Waals surface area (Å²) in [5, 5.41) is 0. The Morgan fingerprint density at radius 1 is 0.708 bits per heavy atom. The summed E-state index contributed by atoms with van der Waals surface area (Å²) in [4.78, 5) is 4.87. The van der Waals surface area contributed by atoms with Crippen LogP contribution in [0.3, 0.4) is 0 Å². The van der Waals surface area contributed by atoms with Crippen molar-refractivity contribution in [3.63, 3.8) is 0 Å². The highest BCUT2D eigenvalue weighted by Crippen LogP contribution is 2.25. The number of aliphatic imine (C=N–C) groups is 1. The first-order valence-electron chi connectivity index (χ1n) is 8.19. The Balaban J connectivity index is 1.88. The average Bonchev–Trinajstić information content (AvgIpc) is 2.64. The molecule has 118 valence electrons. The molecule has 0 aliphatic heterocycles. The molecular formula is C23H21N. The number of nitrogens with zero attached hydrogens (tertiary/aromatic N) is 1. The van der Waals surface area contributed by atoms with Gasteiger partial charge in [-0.25, -0.2) is 0 Å². The molecule has 0 N–H and O–H groups in total. The van der Waals surface area contributed by atoms with E-state index in [0.29, 0.717) is 0 Å². The summed E-state index contributed by atoms with van der Waals surface area (Å²) in [6.45, 7) is 2.09. The first-order valence-corrected chi connectivity index (χ1v) is 8.19. The third kappa shape index (κ3) is 4.30. The summed E-state index contributed by atoms with van der Waals surface area (Å²) in [6, 6.07) is 31.2. The standard InChI is InChI=1S/C23H21N/c1-19(17-20-11-5-2-6-12-20)18-24-23(21-13-7-3-8-14-21)22-15-9-4-10-16-22/h2-18,23H,1H3/b19-17+,24-18?. The molecule has 0 saturated heterocycles. The van der Waals surface area contributed by atoms with Crippen molar-refractivity contribution in [2.45, 2.75) is 13.0 Å². The minimum atomic E-state index is 0.0199. The molecule has 0 saturated carbocycles. The zero-order valence-corrected chi connectivity index (χ0v) is 13.8. The van der Waals surface area contributed by atoms with Crippen LogP contribution < -0.4 is 0 Å². The van der Waals surface area contributed by atoms with E-state index in [4.69, 9.17) is 4.99 Å². The van der Waals surface area contributed by atoms with Crippen molar-refractivity contribution >= 4 is 12.3 Å². The van der Waals surface area contributed by atoms with Gasteiger partial charge in [-0.1, -0.05) is 97.1 Å². The molecule has 0 aliphatic rings. The molecule has 24 heavy (non-hydrogen) atoms. The van der Waals surface area contributed by atoms with Gasteiger partial charge in [-0.05, 0) is 29.2 Å². The van der Waals surface area contributed by atoms with Gasteiger partial charge in [-0.2, -0.15) is 0 Å². The molecule has 0 heterocycles. The number of benzene rings is 3. The van der Waals surface area contributed by atoms with Crippen LogP contribution in [-0.4, -0.2) is 6.21 Å². The highest BCUT2D eigenvalue weighted by molar-refractivity contribution is 5.85. The first kappa shape index (κ1) is 15.9. The van der Waals surface area contributed by atoms with Crippen LogP contribution in [0, 0.1) is 0 Å². The van der Waals surface area contributed by atoms with E-state index in [9.17, 15) is 0 Å². The lowest BCUT2D eigenvalue weighted by Crippen LogP contribution is -1.98. The lowest BCUT2D eigenvalue weighted by Gasteiger charge is -2.13. The number of hydrogen-bond acceptors (Lipinski definition) is 1. The first-order chi connectivity index (χ1) is 11.8. The third-order valence-corrected chi connectivity index (χ3v) is 3.85. The summed E-state index contributed by atoms with van der Waals surface area (Å²) in [7, 11) is 0. The fourth-order valence-electron chi connectivity index (χ4n) is 2.68. The van der Waals surface area contributed by atoms with Crippen LogP contribution in [0.25, 0.3) is 6.08 Å². The van der Waals surface area contributed by atoms with Gasteiger partial charge in [0.05, 0.1) is 6.04 Å². The molecule has 3 aromatic rings. The molecule has 0 amide bonds. The Kier molecular flexibility index (Phi) is 5.36. The van der Waals surface area contributed by atoms with E-state index in [2.05, 4.69) is 73.7 Å². The smallest absolute Gasteiger partial charge is 0.0999 e. The van der Waals surface area contributed by atoms with Crippen molar-refractivity contribution in [2.24, 2.45) is 4.99 Å². The third-order valence-electron chi connectivity index (χ3n) is 3.85. The lowest BCUT2D eigenvalue weighted by atomic mass is 9.99. The van der Waals surface area contributed by atoms with Crippen LogP contribution >= 0.6 is 0 Å². The van der Waals surface area contributed by atoms with E-state index >= 15 is 0 Å². The summed E-state index contributed by atoms with van der Waals surface area (Å²) in [5.41, 5.74) is 4.73. The molecule has 0 bridgehead atoms. The average molecular weight is 311 g/mol. The Hall–Kier alpha value is -2.93. The van der Waals surface area contributed by atoms with Crippen molar-refractivity contribution in [3.05, 3.63) is 113 Å². The van der Waals surface area contributed by atoms with Crippen LogP contribution in [0.4, 0.5) is 0 Å². The van der Waals surface area contributed by atoms with E-state index in [1.54, 1.807) is 0 Å². The van der Waals surface area contributed by atoms with Gasteiger partial charge in [0.25, 0.3) is 0 Å². The monoisotopic (exact) mass is 311 g/mol. The lowest BCUT2D eigenvalue weighted by molar-refractivity contribution is 0.878. The summed E-state index contributed by atoms with van der Waals surface area (Å²) in [6.07, 6.45) is 4.12. The second kappa shape index (κ2) is 8.07. The van der Waals surface area contributed by atoms with E-state index in [1.807, 2.05) is 36.5 Å². The molecule has 1 nitrogen and oxygen atoms in total. The summed E-state index contributed by atoms with van der Waals surface area (Å²) >= 11 is 0. The van der Waals surface area contributed by atoms with Gasteiger partial charge < -0.3 is 0 Å². The maximum Gasteiger partial charge on any atom is 0.0999 e. The van der Waals surface area contributed by atoms with Gasteiger partial charge in [0, 0.05) is 6.21 Å². The van der Waals surface area contributed by atoms with Gasteiger partial charge in [-0.3, -0.25) is 4.99 Å². The van der Waals surface area contributed by atoms with Gasteiger partial charge in [0.1, 0.15) is 0 Å². The normalized spacial score (nSPS) is 12.0. The topological polar surface area (TPSA) is 12.4 Å². The van der Waals surface area contributed by atoms with Gasteiger partial charge >= 0.3 is 0 Å². The van der Waals surface area contributed by atoms with Gasteiger partial charge in [0.15, 0.2) is 0 Å². The van der Waals surface area contributed by atoms with Crippen LogP contribution in [0.2, 0.25) is 0 Å². The second-order valence-corrected chi connectivity index (χ2v) is 5.80. The highest BCUT2D eigenvalue weighted by atomic mass is 14.8. The Bertz CT molecular complexity index is 763. The van der Waals surface area contributed by atoms with E-state index < -0.39 is 0 Å². The summed E-state index contributed by atoms with van der Waals surface area (Å²) < 4.78 is 0. The van der Waals surface area contributed by atoms with Crippen LogP contribution in [-0.2, 0) is 0 Å². The molecule has 0 fully saturated rings. The van der Waals surface area contributed by atoms with E-state index in [0.717, 1.165) is 5.57 Å². The number of rotatable bonds is 5. The maximum absolute atomic E-state index is 4.87. The SMILES string of the molecule is C/C(C=NC(c1ccccc1)c1ccccc1)=C\c1ccccc1. The van der Waals surface area contributed by atoms with Crippen molar-refractivity contribution in [3.8, 4) is 0 Å². The Labute approximate surface area is 144 Å². The van der Waals surface area contributed by atoms with Crippen molar-refractivity contribution < 1.29 is 0 Å². The quantitative estimate of drug-likeness (QED) is 0.516. The molecular weight excluding hydrogens is 290 g/mol. The second-order valence-electron chi connectivity index (χ2n) is 5.80. The van der Waals surface area contributed by atoms with Gasteiger partial charge in [-0.15, -0.1) is 0 Å². The van der Waals surface area contributed by atoms with E-state index in [1.165, 1.54) is 16.7 Å². The molecule has 0 radical (unpaired) electrons. The van der Waals surface area contributed by atoms with Crippen LogP contribution in [0.1, 0.15) is 29.7 Å². The minimum Gasteiger partial charge on any atom is -0.280 e. The van der Waals surface area contributed by atoms with Crippen LogP contribution in [0.15, 0.2) is 102 Å². The highest BCUT2D eigenvalue weighted by Gasteiger charge is 2.11. The molecule has 0 atom stereocenters. The molecule has 0 unspecified atom stereocenters. The molecule has 3 rings (SSSR count). The predicted octanol–water partition coefficient (Wildman–Crippen LogP) is 5.95. The summed E-state index contributed by atoms with van der Waals surface area (Å²) in [5.74, 6) is 0. The number of hydrogen-bond donors (Lipinski definition) is 0. The molecule has 0 aliphatic carbocycles. The number of allylic oxidation sites excluding steroid dienone is 1. The van der Waals surface area contributed by atoms with Crippen molar-refractivity contribution in [2.75, 3.05) is 0 Å². The molecule has 0 aromatic heterocycles. The van der Waals surface area contributed by atoms with Crippen molar-refractivity contribution in [1.82, 2.24) is 0 Å². The van der Waals surface area contributed by atoms with E-state index in [-0.39, 0.29) is 6.04 Å². The fourth-order valence-corrected chi connectivity index (χ4v) is 2.68. The molecule has 3 aromatic carbocycles. The predicted molar refractivity (Wildman–Crippen MR) is 103 cm³/mol. The Morgan fingerprint density at radius 2 is 1.17 bits per heavy atom.